The SMILES string of the molecule is CCN(CC)CCOc1ccc(CNC(=O)c2nc(Cl)ccc2Cl)cc1OC. The number of rotatable bonds is 10. The Kier molecular flexibility index (Phi) is 8.83. The van der Waals surface area contributed by atoms with E-state index in [0.29, 0.717) is 24.7 Å². The smallest absolute Gasteiger partial charge is 0.271 e. The van der Waals surface area contributed by atoms with E-state index in [4.69, 9.17) is 32.7 Å². The molecule has 0 aliphatic carbocycles. The maximum absolute atomic E-state index is 12.3. The number of hydrogen-bond donors (Lipinski definition) is 1. The molecule has 1 heterocycles. The highest BCUT2D eigenvalue weighted by Gasteiger charge is 2.13. The van der Waals surface area contributed by atoms with E-state index < -0.39 is 5.91 Å². The molecule has 0 aliphatic heterocycles. The van der Waals surface area contributed by atoms with Gasteiger partial charge >= 0.3 is 0 Å². The van der Waals surface area contributed by atoms with Crippen LogP contribution in [0.4, 0.5) is 0 Å². The summed E-state index contributed by atoms with van der Waals surface area (Å²) in [5, 5.41) is 3.24. The van der Waals surface area contributed by atoms with Gasteiger partial charge in [-0.25, -0.2) is 4.98 Å². The highest BCUT2D eigenvalue weighted by molar-refractivity contribution is 6.34. The molecule has 0 bridgehead atoms. The van der Waals surface area contributed by atoms with E-state index in [1.54, 1.807) is 13.2 Å². The number of hydrogen-bond acceptors (Lipinski definition) is 5. The molecule has 0 radical (unpaired) electrons. The quantitative estimate of drug-likeness (QED) is 0.581. The van der Waals surface area contributed by atoms with E-state index in [1.807, 2.05) is 18.2 Å². The van der Waals surface area contributed by atoms with E-state index >= 15 is 0 Å². The molecule has 28 heavy (non-hydrogen) atoms. The van der Waals surface area contributed by atoms with E-state index in [0.717, 1.165) is 25.2 Å². The Labute approximate surface area is 175 Å². The lowest BCUT2D eigenvalue weighted by Gasteiger charge is -2.19. The summed E-state index contributed by atoms with van der Waals surface area (Å²) in [6.07, 6.45) is 0. The zero-order valence-electron chi connectivity index (χ0n) is 16.3. The molecule has 2 aromatic rings. The maximum Gasteiger partial charge on any atom is 0.271 e. The van der Waals surface area contributed by atoms with E-state index in [9.17, 15) is 4.79 Å². The van der Waals surface area contributed by atoms with Crippen LogP contribution in [0.15, 0.2) is 30.3 Å². The zero-order chi connectivity index (χ0) is 20.5. The van der Waals surface area contributed by atoms with Gasteiger partial charge in [-0.15, -0.1) is 0 Å². The summed E-state index contributed by atoms with van der Waals surface area (Å²) in [5.74, 6) is 0.889. The topological polar surface area (TPSA) is 63.7 Å². The summed E-state index contributed by atoms with van der Waals surface area (Å²) in [6.45, 7) is 7.94. The maximum atomic E-state index is 12.3. The third-order valence-corrected chi connectivity index (χ3v) is 4.78. The lowest BCUT2D eigenvalue weighted by Crippen LogP contribution is -2.28. The van der Waals surface area contributed by atoms with E-state index in [-0.39, 0.29) is 15.9 Å². The number of ether oxygens (including phenoxy) is 2. The van der Waals surface area contributed by atoms with Crippen molar-refractivity contribution >= 4 is 29.1 Å². The largest absolute Gasteiger partial charge is 0.493 e. The Morgan fingerprint density at radius 3 is 2.57 bits per heavy atom. The van der Waals surface area contributed by atoms with Gasteiger partial charge in [0.05, 0.1) is 12.1 Å². The molecular weight excluding hydrogens is 401 g/mol. The van der Waals surface area contributed by atoms with Gasteiger partial charge in [0.2, 0.25) is 0 Å². The van der Waals surface area contributed by atoms with Crippen LogP contribution in [0.1, 0.15) is 29.9 Å². The fourth-order valence-electron chi connectivity index (χ4n) is 2.61. The molecule has 0 aliphatic rings. The minimum absolute atomic E-state index is 0.0949. The number of pyridine rings is 1. The normalized spacial score (nSPS) is 10.8. The summed E-state index contributed by atoms with van der Waals surface area (Å²) in [6, 6.07) is 8.62. The highest BCUT2D eigenvalue weighted by Crippen LogP contribution is 2.28. The molecular formula is C20H25Cl2N3O3. The first-order valence-electron chi connectivity index (χ1n) is 9.10. The second-order valence-corrected chi connectivity index (χ2v) is 6.80. The van der Waals surface area contributed by atoms with Crippen molar-refractivity contribution in [3.63, 3.8) is 0 Å². The molecule has 1 aromatic heterocycles. The van der Waals surface area contributed by atoms with Gasteiger partial charge in [0, 0.05) is 13.1 Å². The summed E-state index contributed by atoms with van der Waals surface area (Å²) >= 11 is 11.8. The number of nitrogens with zero attached hydrogens (tertiary/aromatic N) is 2. The summed E-state index contributed by atoms with van der Waals surface area (Å²) < 4.78 is 11.3. The predicted octanol–water partition coefficient (Wildman–Crippen LogP) is 4.05. The van der Waals surface area contributed by atoms with E-state index in [1.165, 1.54) is 6.07 Å². The predicted molar refractivity (Wildman–Crippen MR) is 112 cm³/mol. The fourth-order valence-corrected chi connectivity index (χ4v) is 2.95. The van der Waals surface area contributed by atoms with Crippen molar-refractivity contribution in [3.05, 3.63) is 51.8 Å². The van der Waals surface area contributed by atoms with Crippen LogP contribution in [0.25, 0.3) is 0 Å². The molecule has 1 N–H and O–H groups in total. The third-order valence-electron chi connectivity index (χ3n) is 4.27. The number of amides is 1. The van der Waals surface area contributed by atoms with Crippen LogP contribution in [-0.4, -0.2) is 49.1 Å². The van der Waals surface area contributed by atoms with Crippen molar-refractivity contribution in [3.8, 4) is 11.5 Å². The van der Waals surface area contributed by atoms with Crippen LogP contribution < -0.4 is 14.8 Å². The monoisotopic (exact) mass is 425 g/mol. The fraction of sp³-hybridized carbons (Fsp3) is 0.400. The lowest BCUT2D eigenvalue weighted by molar-refractivity contribution is 0.0946. The minimum Gasteiger partial charge on any atom is -0.493 e. The van der Waals surface area contributed by atoms with Crippen LogP contribution >= 0.6 is 23.2 Å². The van der Waals surface area contributed by atoms with Gasteiger partial charge in [-0.2, -0.15) is 0 Å². The number of likely N-dealkylation sites (N-methyl/N-ethyl adjacent to an activating group) is 1. The lowest BCUT2D eigenvalue weighted by atomic mass is 10.2. The second-order valence-electron chi connectivity index (χ2n) is 6.01. The molecule has 152 valence electrons. The van der Waals surface area contributed by atoms with Crippen molar-refractivity contribution in [2.45, 2.75) is 20.4 Å². The van der Waals surface area contributed by atoms with Gasteiger partial charge in [-0.05, 0) is 42.9 Å². The first-order chi connectivity index (χ1) is 13.5. The minimum atomic E-state index is -0.397. The molecule has 1 aromatic carbocycles. The number of carbonyl (C=O) groups is 1. The molecule has 6 nitrogen and oxygen atoms in total. The standard InChI is InChI=1S/C20H25Cl2N3O3/c1-4-25(5-2)10-11-28-16-8-6-14(12-17(16)27-3)13-23-20(26)19-15(21)7-9-18(22)24-19/h6-9,12H,4-5,10-11,13H2,1-3H3,(H,23,26). The number of aromatic nitrogens is 1. The summed E-state index contributed by atoms with van der Waals surface area (Å²) in [4.78, 5) is 18.5. The Hall–Kier alpha value is -2.02. The van der Waals surface area contributed by atoms with Crippen molar-refractivity contribution in [2.24, 2.45) is 0 Å². The Balaban J connectivity index is 1.97. The molecule has 1 amide bonds. The highest BCUT2D eigenvalue weighted by atomic mass is 35.5. The number of benzene rings is 1. The molecule has 0 saturated heterocycles. The molecule has 0 fully saturated rings. The summed E-state index contributed by atoms with van der Waals surface area (Å²) in [7, 11) is 1.59. The van der Waals surface area contributed by atoms with Gasteiger partial charge < -0.3 is 19.7 Å². The van der Waals surface area contributed by atoms with Gasteiger partial charge in [0.1, 0.15) is 17.5 Å². The first-order valence-corrected chi connectivity index (χ1v) is 9.86. The number of halogens is 2. The summed E-state index contributed by atoms with van der Waals surface area (Å²) in [5.41, 5.74) is 0.955. The molecule has 0 saturated carbocycles. The molecule has 2 rings (SSSR count). The second kappa shape index (κ2) is 11.1. The molecule has 0 atom stereocenters. The van der Waals surface area contributed by atoms with Crippen molar-refractivity contribution in [2.75, 3.05) is 33.4 Å². The van der Waals surface area contributed by atoms with Crippen LogP contribution in [0.2, 0.25) is 10.2 Å². The third kappa shape index (κ3) is 6.26. The zero-order valence-corrected chi connectivity index (χ0v) is 17.8. The number of carbonyl (C=O) groups excluding carboxylic acids is 1. The van der Waals surface area contributed by atoms with Gasteiger partial charge in [-0.3, -0.25) is 4.79 Å². The van der Waals surface area contributed by atoms with Crippen LogP contribution in [0.5, 0.6) is 11.5 Å². The Morgan fingerprint density at radius 2 is 1.89 bits per heavy atom. The van der Waals surface area contributed by atoms with Gasteiger partial charge in [0.15, 0.2) is 11.5 Å². The Morgan fingerprint density at radius 1 is 1.14 bits per heavy atom. The van der Waals surface area contributed by atoms with Crippen LogP contribution in [0, 0.1) is 0 Å². The molecule has 0 unspecified atom stereocenters. The first kappa shape index (κ1) is 22.3. The number of nitrogens with one attached hydrogen (secondary N) is 1. The van der Waals surface area contributed by atoms with Crippen LogP contribution in [-0.2, 0) is 6.54 Å². The van der Waals surface area contributed by atoms with Crippen molar-refractivity contribution in [1.29, 1.82) is 0 Å². The van der Waals surface area contributed by atoms with Crippen molar-refractivity contribution < 1.29 is 14.3 Å². The average Bonchev–Trinajstić information content (AvgIpc) is 2.71. The average molecular weight is 426 g/mol. The molecule has 0 spiro atoms. The van der Waals surface area contributed by atoms with Gasteiger partial charge in [-0.1, -0.05) is 43.1 Å². The molecule has 8 heteroatoms. The Bertz CT molecular complexity index is 798. The van der Waals surface area contributed by atoms with Crippen molar-refractivity contribution in [1.82, 2.24) is 15.2 Å². The van der Waals surface area contributed by atoms with Gasteiger partial charge in [0.25, 0.3) is 5.91 Å². The van der Waals surface area contributed by atoms with Crippen LogP contribution in [0.3, 0.4) is 0 Å². The van der Waals surface area contributed by atoms with E-state index in [2.05, 4.69) is 29.0 Å². The number of methoxy groups -OCH3 is 1.